The Hall–Kier alpha value is -3.91. The highest BCUT2D eigenvalue weighted by atomic mass is 19.1. The lowest BCUT2D eigenvalue weighted by Crippen LogP contribution is -2.51. The molecule has 4 rings (SSSR count). The van der Waals surface area contributed by atoms with Crippen LogP contribution in [-0.2, 0) is 13.2 Å². The SMILES string of the molecule is O=C(N[C@@H]1CN(C(=O)NCc2ccccc2)CCC[C@H]1O)c1ccc(OCc2ccc(F)cc2)cc1. The van der Waals surface area contributed by atoms with Gasteiger partial charge >= 0.3 is 6.03 Å². The largest absolute Gasteiger partial charge is 0.489 e. The Bertz CT molecular complexity index is 1140. The second-order valence-corrected chi connectivity index (χ2v) is 8.82. The summed E-state index contributed by atoms with van der Waals surface area (Å²) in [5.74, 6) is -0.0637. The summed E-state index contributed by atoms with van der Waals surface area (Å²) in [7, 11) is 0. The van der Waals surface area contributed by atoms with Gasteiger partial charge in [-0.15, -0.1) is 0 Å². The Morgan fingerprint density at radius 1 is 0.972 bits per heavy atom. The maximum Gasteiger partial charge on any atom is 0.317 e. The lowest BCUT2D eigenvalue weighted by atomic mass is 10.1. The third kappa shape index (κ3) is 7.05. The zero-order valence-electron chi connectivity index (χ0n) is 19.9. The van der Waals surface area contributed by atoms with Gasteiger partial charge in [-0.3, -0.25) is 4.79 Å². The molecule has 3 aromatic rings. The average molecular weight is 492 g/mol. The molecule has 8 heteroatoms. The van der Waals surface area contributed by atoms with Crippen LogP contribution in [0.25, 0.3) is 0 Å². The molecule has 0 aliphatic carbocycles. The van der Waals surface area contributed by atoms with Crippen molar-refractivity contribution < 1.29 is 23.8 Å². The van der Waals surface area contributed by atoms with E-state index in [2.05, 4.69) is 10.6 Å². The van der Waals surface area contributed by atoms with Gasteiger partial charge in [-0.25, -0.2) is 9.18 Å². The molecule has 0 saturated carbocycles. The third-order valence-corrected chi connectivity index (χ3v) is 6.13. The van der Waals surface area contributed by atoms with Crippen molar-refractivity contribution >= 4 is 11.9 Å². The molecule has 0 spiro atoms. The van der Waals surface area contributed by atoms with Crippen molar-refractivity contribution in [3.8, 4) is 5.75 Å². The van der Waals surface area contributed by atoms with Crippen molar-refractivity contribution in [3.63, 3.8) is 0 Å². The lowest BCUT2D eigenvalue weighted by Gasteiger charge is -2.27. The van der Waals surface area contributed by atoms with Crippen LogP contribution in [0.3, 0.4) is 0 Å². The van der Waals surface area contributed by atoms with Gasteiger partial charge in [0.1, 0.15) is 18.2 Å². The number of urea groups is 1. The van der Waals surface area contributed by atoms with Crippen LogP contribution in [0.4, 0.5) is 9.18 Å². The molecule has 3 amide bonds. The topological polar surface area (TPSA) is 90.9 Å². The molecule has 188 valence electrons. The van der Waals surface area contributed by atoms with Gasteiger partial charge in [0.05, 0.1) is 12.1 Å². The number of nitrogens with one attached hydrogen (secondary N) is 2. The van der Waals surface area contributed by atoms with E-state index in [-0.39, 0.29) is 30.9 Å². The van der Waals surface area contributed by atoms with Gasteiger partial charge in [-0.1, -0.05) is 42.5 Å². The fourth-order valence-electron chi connectivity index (χ4n) is 4.06. The Morgan fingerprint density at radius 2 is 1.69 bits per heavy atom. The summed E-state index contributed by atoms with van der Waals surface area (Å²) in [5, 5.41) is 16.4. The summed E-state index contributed by atoms with van der Waals surface area (Å²) in [6.07, 6.45) is 0.384. The number of carbonyl (C=O) groups is 2. The van der Waals surface area contributed by atoms with Crippen LogP contribution < -0.4 is 15.4 Å². The zero-order chi connectivity index (χ0) is 25.3. The van der Waals surface area contributed by atoms with Crippen molar-refractivity contribution in [2.75, 3.05) is 13.1 Å². The van der Waals surface area contributed by atoms with E-state index in [1.54, 1.807) is 41.3 Å². The first kappa shape index (κ1) is 25.2. The minimum absolute atomic E-state index is 0.215. The Labute approximate surface area is 209 Å². The third-order valence-electron chi connectivity index (χ3n) is 6.13. The number of ether oxygens (including phenoxy) is 1. The molecule has 1 saturated heterocycles. The molecule has 1 fully saturated rings. The number of amides is 3. The minimum Gasteiger partial charge on any atom is -0.489 e. The number of carbonyl (C=O) groups excluding carboxylic acids is 2. The second-order valence-electron chi connectivity index (χ2n) is 8.82. The normalized spacial score (nSPS) is 17.7. The van der Waals surface area contributed by atoms with E-state index in [1.165, 1.54) is 12.1 Å². The van der Waals surface area contributed by atoms with Crippen LogP contribution in [0.15, 0.2) is 78.9 Å². The van der Waals surface area contributed by atoms with Gasteiger partial charge < -0.3 is 25.4 Å². The van der Waals surface area contributed by atoms with Crippen LogP contribution in [0.1, 0.15) is 34.3 Å². The predicted octanol–water partition coefficient (Wildman–Crippen LogP) is 3.87. The van der Waals surface area contributed by atoms with E-state index >= 15 is 0 Å². The molecule has 0 unspecified atom stereocenters. The van der Waals surface area contributed by atoms with Crippen molar-refractivity contribution in [1.29, 1.82) is 0 Å². The highest BCUT2D eigenvalue weighted by molar-refractivity contribution is 5.94. The van der Waals surface area contributed by atoms with Crippen molar-refractivity contribution in [1.82, 2.24) is 15.5 Å². The fourth-order valence-corrected chi connectivity index (χ4v) is 4.06. The Morgan fingerprint density at radius 3 is 2.42 bits per heavy atom. The number of rotatable bonds is 7. The second kappa shape index (κ2) is 12.2. The minimum atomic E-state index is -0.751. The quantitative estimate of drug-likeness (QED) is 0.468. The first-order valence-corrected chi connectivity index (χ1v) is 12.0. The molecule has 3 aromatic carbocycles. The molecule has 1 aliphatic heterocycles. The van der Waals surface area contributed by atoms with Gasteiger partial charge in [-0.2, -0.15) is 0 Å². The summed E-state index contributed by atoms with van der Waals surface area (Å²) in [6.45, 7) is 1.41. The van der Waals surface area contributed by atoms with Gasteiger partial charge in [0.2, 0.25) is 0 Å². The molecule has 0 aromatic heterocycles. The molecule has 36 heavy (non-hydrogen) atoms. The van der Waals surface area contributed by atoms with Gasteiger partial charge in [-0.05, 0) is 60.4 Å². The van der Waals surface area contributed by atoms with E-state index in [0.717, 1.165) is 11.1 Å². The van der Waals surface area contributed by atoms with Crippen molar-refractivity contribution in [2.45, 2.75) is 38.1 Å². The maximum absolute atomic E-state index is 13.0. The van der Waals surface area contributed by atoms with E-state index < -0.39 is 12.1 Å². The van der Waals surface area contributed by atoms with Gasteiger partial charge in [0.15, 0.2) is 0 Å². The highest BCUT2D eigenvalue weighted by Gasteiger charge is 2.29. The summed E-state index contributed by atoms with van der Waals surface area (Å²) in [4.78, 5) is 27.2. The number of halogens is 1. The highest BCUT2D eigenvalue weighted by Crippen LogP contribution is 2.17. The van der Waals surface area contributed by atoms with Crippen LogP contribution in [0.2, 0.25) is 0 Å². The molecule has 3 N–H and O–H groups in total. The number of hydrogen-bond donors (Lipinski definition) is 3. The summed E-state index contributed by atoms with van der Waals surface area (Å²) >= 11 is 0. The van der Waals surface area contributed by atoms with Crippen LogP contribution in [0, 0.1) is 5.82 Å². The summed E-state index contributed by atoms with van der Waals surface area (Å²) < 4.78 is 18.7. The Balaban J connectivity index is 1.31. The number of aliphatic hydroxyl groups excluding tert-OH is 1. The standard InChI is InChI=1S/C28H30FN3O4/c29-23-12-8-21(9-13-23)19-36-24-14-10-22(11-15-24)27(34)31-25-18-32(16-4-7-26(25)33)28(35)30-17-20-5-2-1-3-6-20/h1-3,5-6,8-15,25-26,33H,4,7,16-19H2,(H,30,35)(H,31,34)/t25-,26-/m1/s1. The first-order valence-electron chi connectivity index (χ1n) is 12.0. The average Bonchev–Trinajstić information content (AvgIpc) is 3.09. The number of nitrogens with zero attached hydrogens (tertiary/aromatic N) is 1. The molecule has 0 bridgehead atoms. The molecule has 0 radical (unpaired) electrons. The number of likely N-dealkylation sites (tertiary alicyclic amines) is 1. The van der Waals surface area contributed by atoms with Gasteiger partial charge in [0.25, 0.3) is 5.91 Å². The first-order chi connectivity index (χ1) is 17.5. The summed E-state index contributed by atoms with van der Waals surface area (Å²) in [5.41, 5.74) is 2.24. The van der Waals surface area contributed by atoms with Crippen LogP contribution in [0.5, 0.6) is 5.75 Å². The fraction of sp³-hybridized carbons (Fsp3) is 0.286. The lowest BCUT2D eigenvalue weighted by molar-refractivity contribution is 0.0809. The predicted molar refractivity (Wildman–Crippen MR) is 134 cm³/mol. The zero-order valence-corrected chi connectivity index (χ0v) is 19.9. The molecular formula is C28H30FN3O4. The molecule has 1 aliphatic rings. The van der Waals surface area contributed by atoms with Gasteiger partial charge in [0, 0.05) is 25.2 Å². The van der Waals surface area contributed by atoms with Crippen LogP contribution >= 0.6 is 0 Å². The number of aliphatic hydroxyl groups is 1. The molecule has 2 atom stereocenters. The summed E-state index contributed by atoms with van der Waals surface area (Å²) in [6, 6.07) is 21.5. The molecule has 7 nitrogen and oxygen atoms in total. The smallest absolute Gasteiger partial charge is 0.317 e. The molecule has 1 heterocycles. The molecular weight excluding hydrogens is 461 g/mol. The van der Waals surface area contributed by atoms with Crippen LogP contribution in [-0.4, -0.2) is 47.2 Å². The maximum atomic E-state index is 13.0. The Kier molecular flexibility index (Phi) is 8.52. The van der Waals surface area contributed by atoms with E-state index in [1.807, 2.05) is 30.3 Å². The number of benzene rings is 3. The monoisotopic (exact) mass is 491 g/mol. The van der Waals surface area contributed by atoms with Crippen molar-refractivity contribution in [2.24, 2.45) is 0 Å². The van der Waals surface area contributed by atoms with E-state index in [0.29, 0.717) is 37.2 Å². The van der Waals surface area contributed by atoms with Crippen molar-refractivity contribution in [3.05, 3.63) is 101 Å². The van der Waals surface area contributed by atoms with E-state index in [9.17, 15) is 19.1 Å². The number of hydrogen-bond acceptors (Lipinski definition) is 4. The van der Waals surface area contributed by atoms with E-state index in [4.69, 9.17) is 4.74 Å².